The second-order valence-electron chi connectivity index (χ2n) is 5.47. The predicted molar refractivity (Wildman–Crippen MR) is 73.7 cm³/mol. The van der Waals surface area contributed by atoms with Crippen molar-refractivity contribution in [3.63, 3.8) is 0 Å². The van der Waals surface area contributed by atoms with E-state index in [0.29, 0.717) is 6.42 Å². The maximum atomic E-state index is 11.6. The molecule has 1 aliphatic rings. The van der Waals surface area contributed by atoms with Gasteiger partial charge < -0.3 is 10.1 Å². The van der Waals surface area contributed by atoms with E-state index in [1.165, 1.54) is 6.08 Å². The number of rotatable bonds is 2. The molecule has 1 aromatic rings. The lowest BCUT2D eigenvalue weighted by atomic mass is 10.0. The maximum Gasteiger partial charge on any atom is 0.331 e. The van der Waals surface area contributed by atoms with Gasteiger partial charge in [-0.25, -0.2) is 4.79 Å². The van der Waals surface area contributed by atoms with E-state index in [1.54, 1.807) is 6.08 Å². The van der Waals surface area contributed by atoms with Gasteiger partial charge in [0.2, 0.25) is 5.91 Å². The van der Waals surface area contributed by atoms with Crippen LogP contribution < -0.4 is 5.32 Å². The van der Waals surface area contributed by atoms with Crippen molar-refractivity contribution in [1.29, 1.82) is 0 Å². The molecule has 0 atom stereocenters. The zero-order valence-electron chi connectivity index (χ0n) is 11.3. The van der Waals surface area contributed by atoms with Gasteiger partial charge in [-0.1, -0.05) is 12.1 Å². The number of carbonyl (C=O) groups excluding carboxylic acids is 2. The van der Waals surface area contributed by atoms with E-state index in [-0.39, 0.29) is 11.9 Å². The smallest absolute Gasteiger partial charge is 0.331 e. The molecule has 100 valence electrons. The van der Waals surface area contributed by atoms with Gasteiger partial charge in [-0.15, -0.1) is 0 Å². The first-order valence-corrected chi connectivity index (χ1v) is 6.18. The van der Waals surface area contributed by atoms with Gasteiger partial charge in [-0.2, -0.15) is 0 Å². The van der Waals surface area contributed by atoms with Gasteiger partial charge in [0, 0.05) is 11.8 Å². The van der Waals surface area contributed by atoms with Crippen molar-refractivity contribution in [1.82, 2.24) is 0 Å². The minimum Gasteiger partial charge on any atom is -0.457 e. The van der Waals surface area contributed by atoms with Crippen LogP contribution in [0.3, 0.4) is 0 Å². The van der Waals surface area contributed by atoms with Gasteiger partial charge in [0.25, 0.3) is 0 Å². The fourth-order valence-electron chi connectivity index (χ4n) is 1.92. The standard InChI is InChI=1S/C15H17NO3/c1-15(2,3)19-14(18)8-7-10-5-4-6-12-11(10)9-13(17)16-12/h4-8H,9H2,1-3H3,(H,16,17)/b8-7+. The molecule has 1 heterocycles. The quantitative estimate of drug-likeness (QED) is 0.656. The summed E-state index contributed by atoms with van der Waals surface area (Å²) >= 11 is 0. The van der Waals surface area contributed by atoms with E-state index in [1.807, 2.05) is 39.0 Å². The molecule has 0 spiro atoms. The Kier molecular flexibility index (Phi) is 3.42. The Labute approximate surface area is 112 Å². The van der Waals surface area contributed by atoms with E-state index in [2.05, 4.69) is 5.32 Å². The lowest BCUT2D eigenvalue weighted by molar-refractivity contribution is -0.148. The van der Waals surface area contributed by atoms with Crippen LogP contribution >= 0.6 is 0 Å². The highest BCUT2D eigenvalue weighted by molar-refractivity contribution is 6.00. The van der Waals surface area contributed by atoms with Gasteiger partial charge in [0.1, 0.15) is 5.60 Å². The number of benzene rings is 1. The molecule has 4 heteroatoms. The summed E-state index contributed by atoms with van der Waals surface area (Å²) in [6.07, 6.45) is 3.43. The van der Waals surface area contributed by atoms with E-state index in [0.717, 1.165) is 16.8 Å². The molecule has 0 aromatic heterocycles. The minimum absolute atomic E-state index is 0.0203. The number of anilines is 1. The number of esters is 1. The molecule has 0 saturated heterocycles. The number of fused-ring (bicyclic) bond motifs is 1. The van der Waals surface area contributed by atoms with Crippen LogP contribution in [0.1, 0.15) is 31.9 Å². The van der Waals surface area contributed by atoms with Crippen molar-refractivity contribution < 1.29 is 14.3 Å². The molecule has 0 unspecified atom stereocenters. The summed E-state index contributed by atoms with van der Waals surface area (Å²) < 4.78 is 5.19. The number of hydrogen-bond donors (Lipinski definition) is 1. The highest BCUT2D eigenvalue weighted by atomic mass is 16.6. The van der Waals surface area contributed by atoms with E-state index in [9.17, 15) is 9.59 Å². The van der Waals surface area contributed by atoms with Crippen molar-refractivity contribution in [3.8, 4) is 0 Å². The van der Waals surface area contributed by atoms with Crippen LogP contribution in [0.2, 0.25) is 0 Å². The van der Waals surface area contributed by atoms with Crippen LogP contribution in [0.4, 0.5) is 5.69 Å². The first kappa shape index (κ1) is 13.3. The zero-order chi connectivity index (χ0) is 14.0. The Hall–Kier alpha value is -2.10. The largest absolute Gasteiger partial charge is 0.457 e. The summed E-state index contributed by atoms with van der Waals surface area (Å²) in [6, 6.07) is 5.57. The highest BCUT2D eigenvalue weighted by Crippen LogP contribution is 2.27. The molecule has 0 radical (unpaired) electrons. The van der Waals surface area contributed by atoms with E-state index in [4.69, 9.17) is 4.74 Å². The molecule has 2 rings (SSSR count). The number of nitrogens with one attached hydrogen (secondary N) is 1. The van der Waals surface area contributed by atoms with Crippen molar-refractivity contribution in [3.05, 3.63) is 35.4 Å². The van der Waals surface area contributed by atoms with Crippen molar-refractivity contribution in [2.75, 3.05) is 5.32 Å². The van der Waals surface area contributed by atoms with Crippen LogP contribution in [0.5, 0.6) is 0 Å². The molecule has 1 aromatic carbocycles. The first-order chi connectivity index (χ1) is 8.85. The average molecular weight is 259 g/mol. The molecule has 1 amide bonds. The minimum atomic E-state index is -0.502. The van der Waals surface area contributed by atoms with Gasteiger partial charge >= 0.3 is 5.97 Å². The third-order valence-corrected chi connectivity index (χ3v) is 2.63. The monoisotopic (exact) mass is 259 g/mol. The summed E-state index contributed by atoms with van der Waals surface area (Å²) in [5.41, 5.74) is 2.10. The van der Waals surface area contributed by atoms with Gasteiger partial charge in [-0.3, -0.25) is 4.79 Å². The molecule has 0 fully saturated rings. The van der Waals surface area contributed by atoms with Crippen molar-refractivity contribution in [2.24, 2.45) is 0 Å². The Morgan fingerprint density at radius 2 is 2.11 bits per heavy atom. The number of ether oxygens (including phenoxy) is 1. The van der Waals surface area contributed by atoms with Crippen LogP contribution in [0.15, 0.2) is 24.3 Å². The third kappa shape index (κ3) is 3.44. The normalized spacial score (nSPS) is 14.4. The molecule has 19 heavy (non-hydrogen) atoms. The van der Waals surface area contributed by atoms with E-state index >= 15 is 0 Å². The molecule has 0 aliphatic carbocycles. The number of amides is 1. The number of carbonyl (C=O) groups is 2. The van der Waals surface area contributed by atoms with Crippen molar-refractivity contribution in [2.45, 2.75) is 32.8 Å². The molecule has 0 saturated carbocycles. The summed E-state index contributed by atoms with van der Waals surface area (Å²) in [6.45, 7) is 5.46. The molecule has 4 nitrogen and oxygen atoms in total. The SMILES string of the molecule is CC(C)(C)OC(=O)/C=C/c1cccc2c1CC(=O)N2. The fraction of sp³-hybridized carbons (Fsp3) is 0.333. The Morgan fingerprint density at radius 1 is 1.37 bits per heavy atom. The zero-order valence-corrected chi connectivity index (χ0v) is 11.3. The first-order valence-electron chi connectivity index (χ1n) is 6.18. The summed E-state index contributed by atoms with van der Waals surface area (Å²) in [4.78, 5) is 23.0. The molecular weight excluding hydrogens is 242 g/mol. The Balaban J connectivity index is 2.15. The summed E-state index contributed by atoms with van der Waals surface area (Å²) in [5, 5.41) is 2.77. The van der Waals surface area contributed by atoms with E-state index < -0.39 is 5.60 Å². The topological polar surface area (TPSA) is 55.4 Å². The molecule has 0 bridgehead atoms. The molecule has 1 aliphatic heterocycles. The lowest BCUT2D eigenvalue weighted by Gasteiger charge is -2.17. The molecular formula is C15H17NO3. The fourth-order valence-corrected chi connectivity index (χ4v) is 1.92. The summed E-state index contributed by atoms with van der Waals surface area (Å²) in [5.74, 6) is -0.407. The second kappa shape index (κ2) is 4.88. The van der Waals surface area contributed by atoms with Gasteiger partial charge in [-0.05, 0) is 44.0 Å². The maximum absolute atomic E-state index is 11.6. The van der Waals surface area contributed by atoms with Gasteiger partial charge in [0.15, 0.2) is 0 Å². The highest BCUT2D eigenvalue weighted by Gasteiger charge is 2.19. The third-order valence-electron chi connectivity index (χ3n) is 2.63. The molecule has 1 N–H and O–H groups in total. The van der Waals surface area contributed by atoms with Crippen LogP contribution in [0, 0.1) is 0 Å². The Morgan fingerprint density at radius 3 is 2.79 bits per heavy atom. The van der Waals surface area contributed by atoms with Crippen molar-refractivity contribution >= 4 is 23.6 Å². The number of hydrogen-bond acceptors (Lipinski definition) is 3. The van der Waals surface area contributed by atoms with Crippen LogP contribution in [-0.2, 0) is 20.7 Å². The summed E-state index contributed by atoms with van der Waals surface area (Å²) in [7, 11) is 0. The predicted octanol–water partition coefficient (Wildman–Crippen LogP) is 2.54. The lowest BCUT2D eigenvalue weighted by Crippen LogP contribution is -2.22. The average Bonchev–Trinajstić information content (AvgIpc) is 2.64. The van der Waals surface area contributed by atoms with Crippen LogP contribution in [0.25, 0.3) is 6.08 Å². The Bertz CT molecular complexity index is 553. The van der Waals surface area contributed by atoms with Crippen LogP contribution in [-0.4, -0.2) is 17.5 Å². The van der Waals surface area contributed by atoms with Gasteiger partial charge in [0.05, 0.1) is 6.42 Å². The second-order valence-corrected chi connectivity index (χ2v) is 5.47.